The third kappa shape index (κ3) is 2.79. The number of halogens is 1. The predicted octanol–water partition coefficient (Wildman–Crippen LogP) is 2.43. The fraction of sp³-hybridized carbons (Fsp3) is 0.600. The maximum absolute atomic E-state index is 5.94. The van der Waals surface area contributed by atoms with Gasteiger partial charge in [0.1, 0.15) is 0 Å². The molecule has 1 aliphatic heterocycles. The minimum Gasteiger partial charge on any atom is -0.327 e. The van der Waals surface area contributed by atoms with Gasteiger partial charge in [-0.3, -0.25) is 4.90 Å². The van der Waals surface area contributed by atoms with Gasteiger partial charge in [0.05, 0.1) is 3.79 Å². The van der Waals surface area contributed by atoms with Crippen LogP contribution in [0.5, 0.6) is 0 Å². The summed E-state index contributed by atoms with van der Waals surface area (Å²) in [6, 6.07) is 2.58. The molecule has 78 valence electrons. The zero-order valence-electron chi connectivity index (χ0n) is 8.08. The fourth-order valence-corrected chi connectivity index (χ4v) is 3.12. The maximum Gasteiger partial charge on any atom is 0.0701 e. The summed E-state index contributed by atoms with van der Waals surface area (Å²) in [5.41, 5.74) is 7.33. The zero-order chi connectivity index (χ0) is 9.97. The van der Waals surface area contributed by atoms with Crippen molar-refractivity contribution in [2.45, 2.75) is 25.4 Å². The lowest BCUT2D eigenvalue weighted by Gasteiger charge is -2.30. The van der Waals surface area contributed by atoms with Crippen LogP contribution >= 0.6 is 27.3 Å². The molecule has 1 fully saturated rings. The molecule has 2 heterocycles. The topological polar surface area (TPSA) is 29.3 Å². The first-order chi connectivity index (χ1) is 6.74. The van der Waals surface area contributed by atoms with E-state index in [1.54, 1.807) is 11.3 Å². The van der Waals surface area contributed by atoms with Gasteiger partial charge in [0.15, 0.2) is 0 Å². The Morgan fingerprint density at radius 2 is 2.50 bits per heavy atom. The molecule has 2 rings (SSSR count). The summed E-state index contributed by atoms with van der Waals surface area (Å²) in [5.74, 6) is 0. The number of nitrogens with zero attached hydrogens (tertiary/aromatic N) is 1. The van der Waals surface area contributed by atoms with Crippen molar-refractivity contribution in [2.24, 2.45) is 5.73 Å². The Bertz CT molecular complexity index is 300. The number of rotatable bonds is 2. The molecule has 0 amide bonds. The monoisotopic (exact) mass is 274 g/mol. The first-order valence-corrected chi connectivity index (χ1v) is 6.62. The van der Waals surface area contributed by atoms with Gasteiger partial charge in [0.25, 0.3) is 0 Å². The normalized spacial score (nSPS) is 24.0. The number of thiophene rings is 1. The van der Waals surface area contributed by atoms with Gasteiger partial charge in [-0.25, -0.2) is 0 Å². The predicted molar refractivity (Wildman–Crippen MR) is 64.5 cm³/mol. The van der Waals surface area contributed by atoms with Crippen LogP contribution in [0.3, 0.4) is 0 Å². The fourth-order valence-electron chi connectivity index (χ4n) is 1.92. The van der Waals surface area contributed by atoms with Crippen LogP contribution < -0.4 is 5.73 Å². The van der Waals surface area contributed by atoms with Crippen LogP contribution in [0.1, 0.15) is 18.4 Å². The summed E-state index contributed by atoms with van der Waals surface area (Å²) in [7, 11) is 0. The third-order valence-electron chi connectivity index (χ3n) is 2.57. The van der Waals surface area contributed by atoms with Gasteiger partial charge in [-0.05, 0) is 52.3 Å². The Labute approximate surface area is 97.2 Å². The number of hydrogen-bond donors (Lipinski definition) is 1. The van der Waals surface area contributed by atoms with E-state index >= 15 is 0 Å². The van der Waals surface area contributed by atoms with E-state index in [1.165, 1.54) is 28.7 Å². The number of hydrogen-bond acceptors (Lipinski definition) is 3. The lowest BCUT2D eigenvalue weighted by atomic mass is 10.1. The molecule has 4 heteroatoms. The number of nitrogens with two attached hydrogens (primary N) is 1. The Kier molecular flexibility index (Phi) is 3.60. The van der Waals surface area contributed by atoms with Gasteiger partial charge >= 0.3 is 0 Å². The Balaban J connectivity index is 1.90. The molecule has 2 nitrogen and oxygen atoms in total. The zero-order valence-corrected chi connectivity index (χ0v) is 10.5. The van der Waals surface area contributed by atoms with E-state index in [2.05, 4.69) is 32.3 Å². The second kappa shape index (κ2) is 4.75. The molecule has 1 saturated heterocycles. The van der Waals surface area contributed by atoms with Crippen LogP contribution in [-0.4, -0.2) is 24.0 Å². The molecule has 1 aromatic heterocycles. The van der Waals surface area contributed by atoms with E-state index in [9.17, 15) is 0 Å². The summed E-state index contributed by atoms with van der Waals surface area (Å²) < 4.78 is 1.22. The van der Waals surface area contributed by atoms with Crippen LogP contribution in [0.4, 0.5) is 0 Å². The molecule has 0 spiro atoms. The minimum absolute atomic E-state index is 0.380. The van der Waals surface area contributed by atoms with Crippen molar-refractivity contribution >= 4 is 27.3 Å². The van der Waals surface area contributed by atoms with Crippen LogP contribution in [0.25, 0.3) is 0 Å². The molecule has 14 heavy (non-hydrogen) atoms. The van der Waals surface area contributed by atoms with Gasteiger partial charge in [0, 0.05) is 19.1 Å². The SMILES string of the molecule is NC1CCCN(Cc2csc(Br)c2)C1. The molecular weight excluding hydrogens is 260 g/mol. The summed E-state index contributed by atoms with van der Waals surface area (Å²) in [6.07, 6.45) is 2.43. The molecular formula is C10H15BrN2S. The van der Waals surface area contributed by atoms with Crippen LogP contribution in [0.2, 0.25) is 0 Å². The van der Waals surface area contributed by atoms with Gasteiger partial charge in [0.2, 0.25) is 0 Å². The summed E-state index contributed by atoms with van der Waals surface area (Å²) in [5, 5.41) is 2.21. The highest BCUT2D eigenvalue weighted by Gasteiger charge is 2.16. The average molecular weight is 275 g/mol. The molecule has 0 radical (unpaired) electrons. The standard InChI is InChI=1S/C10H15BrN2S/c11-10-4-8(7-14-10)5-13-3-1-2-9(12)6-13/h4,7,9H,1-3,5-6,12H2. The largest absolute Gasteiger partial charge is 0.327 e. The Hall–Kier alpha value is 0.100. The van der Waals surface area contributed by atoms with Crippen LogP contribution in [-0.2, 0) is 6.54 Å². The first kappa shape index (κ1) is 10.6. The summed E-state index contributed by atoms with van der Waals surface area (Å²) >= 11 is 5.24. The van der Waals surface area contributed by atoms with Crippen molar-refractivity contribution in [3.05, 3.63) is 20.8 Å². The van der Waals surface area contributed by atoms with Gasteiger partial charge in [-0.2, -0.15) is 0 Å². The molecule has 0 saturated carbocycles. The molecule has 1 aromatic rings. The van der Waals surface area contributed by atoms with Crippen LogP contribution in [0, 0.1) is 0 Å². The average Bonchev–Trinajstić information content (AvgIpc) is 2.51. The van der Waals surface area contributed by atoms with Crippen molar-refractivity contribution in [1.29, 1.82) is 0 Å². The number of piperidine rings is 1. The maximum atomic E-state index is 5.94. The quantitative estimate of drug-likeness (QED) is 0.898. The first-order valence-electron chi connectivity index (χ1n) is 4.95. The molecule has 1 unspecified atom stereocenters. The van der Waals surface area contributed by atoms with Crippen molar-refractivity contribution in [3.8, 4) is 0 Å². The van der Waals surface area contributed by atoms with Crippen molar-refractivity contribution in [2.75, 3.05) is 13.1 Å². The Morgan fingerprint density at radius 1 is 1.64 bits per heavy atom. The summed E-state index contributed by atoms with van der Waals surface area (Å²) in [6.45, 7) is 3.30. The third-order valence-corrected chi connectivity index (χ3v) is 4.12. The van der Waals surface area contributed by atoms with E-state index in [1.807, 2.05) is 0 Å². The van der Waals surface area contributed by atoms with Crippen molar-refractivity contribution in [1.82, 2.24) is 4.90 Å². The molecule has 0 aliphatic carbocycles. The smallest absolute Gasteiger partial charge is 0.0701 e. The van der Waals surface area contributed by atoms with Crippen molar-refractivity contribution in [3.63, 3.8) is 0 Å². The highest BCUT2D eigenvalue weighted by Crippen LogP contribution is 2.22. The second-order valence-electron chi connectivity index (χ2n) is 3.90. The number of likely N-dealkylation sites (tertiary alicyclic amines) is 1. The molecule has 2 N–H and O–H groups in total. The van der Waals surface area contributed by atoms with Crippen LogP contribution in [0.15, 0.2) is 15.2 Å². The van der Waals surface area contributed by atoms with Gasteiger partial charge in [-0.1, -0.05) is 0 Å². The van der Waals surface area contributed by atoms with Gasteiger partial charge < -0.3 is 5.73 Å². The molecule has 0 bridgehead atoms. The van der Waals surface area contributed by atoms with Gasteiger partial charge in [-0.15, -0.1) is 11.3 Å². The van der Waals surface area contributed by atoms with E-state index < -0.39 is 0 Å². The lowest BCUT2D eigenvalue weighted by Crippen LogP contribution is -2.42. The minimum atomic E-state index is 0.380. The van der Waals surface area contributed by atoms with Crippen molar-refractivity contribution < 1.29 is 0 Å². The molecule has 1 atom stereocenters. The lowest BCUT2D eigenvalue weighted by molar-refractivity contribution is 0.202. The molecule has 1 aliphatic rings. The van der Waals surface area contributed by atoms with E-state index in [4.69, 9.17) is 5.73 Å². The highest BCUT2D eigenvalue weighted by molar-refractivity contribution is 9.11. The summed E-state index contributed by atoms with van der Waals surface area (Å²) in [4.78, 5) is 2.45. The molecule has 0 aromatic carbocycles. The van der Waals surface area contributed by atoms with E-state index in [0.717, 1.165) is 13.1 Å². The highest BCUT2D eigenvalue weighted by atomic mass is 79.9. The van der Waals surface area contributed by atoms with E-state index in [-0.39, 0.29) is 0 Å². The second-order valence-corrected chi connectivity index (χ2v) is 6.19. The Morgan fingerprint density at radius 3 is 3.14 bits per heavy atom. The van der Waals surface area contributed by atoms with E-state index in [0.29, 0.717) is 6.04 Å².